The largest absolute Gasteiger partial charge is 0.480 e. The van der Waals surface area contributed by atoms with E-state index >= 15 is 0 Å². The average Bonchev–Trinajstić information content (AvgIpc) is 3.07. The molecule has 1 saturated heterocycles. The second-order valence-electron chi connectivity index (χ2n) is 7.28. The SMILES string of the molecule is CC(N)C(=O)NC(CC(N)=O)C(=O)NC(C(=O)N1CCCC1C(=O)O)C(C)C. The Morgan fingerprint density at radius 2 is 1.71 bits per heavy atom. The highest BCUT2D eigenvalue weighted by atomic mass is 16.4. The van der Waals surface area contributed by atoms with Crippen LogP contribution in [0.3, 0.4) is 0 Å². The summed E-state index contributed by atoms with van der Waals surface area (Å²) in [5.74, 6) is -4.22. The third kappa shape index (κ3) is 6.19. The minimum absolute atomic E-state index is 0.279. The Bertz CT molecular complexity index is 636. The number of likely N-dealkylation sites (tertiary alicyclic amines) is 1. The Balaban J connectivity index is 2.96. The quantitative estimate of drug-likeness (QED) is 0.294. The first kappa shape index (κ1) is 23.3. The summed E-state index contributed by atoms with van der Waals surface area (Å²) in [5, 5.41) is 14.1. The molecule has 1 rings (SSSR count). The van der Waals surface area contributed by atoms with Gasteiger partial charge in [-0.25, -0.2) is 4.79 Å². The van der Waals surface area contributed by atoms with Gasteiger partial charge in [-0.2, -0.15) is 0 Å². The minimum atomic E-state index is -1.29. The van der Waals surface area contributed by atoms with Crippen molar-refractivity contribution in [3.63, 3.8) is 0 Å². The van der Waals surface area contributed by atoms with Crippen molar-refractivity contribution in [2.24, 2.45) is 17.4 Å². The topological polar surface area (TPSA) is 185 Å². The molecule has 7 N–H and O–H groups in total. The van der Waals surface area contributed by atoms with Crippen LogP contribution in [0.5, 0.6) is 0 Å². The Labute approximate surface area is 163 Å². The lowest BCUT2D eigenvalue weighted by Crippen LogP contribution is -2.58. The predicted molar refractivity (Wildman–Crippen MR) is 98.5 cm³/mol. The standard InChI is InChI=1S/C17H29N5O6/c1-8(2)13(16(26)22-6-4-5-11(22)17(27)28)21-15(25)10(7-12(19)23)20-14(24)9(3)18/h8-11,13H,4-7,18H2,1-3H3,(H2,19,23)(H,20,24)(H,21,25)(H,27,28). The Kier molecular flexibility index (Phi) is 8.35. The number of aliphatic carboxylic acids is 1. The number of carboxylic acids is 1. The van der Waals surface area contributed by atoms with Crippen LogP contribution >= 0.6 is 0 Å². The smallest absolute Gasteiger partial charge is 0.326 e. The van der Waals surface area contributed by atoms with E-state index in [4.69, 9.17) is 11.5 Å². The number of nitrogens with one attached hydrogen (secondary N) is 2. The predicted octanol–water partition coefficient (Wildman–Crippen LogP) is -2.09. The van der Waals surface area contributed by atoms with E-state index in [2.05, 4.69) is 10.6 Å². The van der Waals surface area contributed by atoms with E-state index in [0.717, 1.165) is 0 Å². The lowest BCUT2D eigenvalue weighted by molar-refractivity contribution is -0.150. The molecule has 11 nitrogen and oxygen atoms in total. The Morgan fingerprint density at radius 3 is 2.18 bits per heavy atom. The van der Waals surface area contributed by atoms with Gasteiger partial charge in [0.05, 0.1) is 12.5 Å². The number of carbonyl (C=O) groups excluding carboxylic acids is 4. The summed E-state index contributed by atoms with van der Waals surface area (Å²) in [5.41, 5.74) is 10.6. The van der Waals surface area contributed by atoms with Crippen molar-refractivity contribution < 1.29 is 29.1 Å². The van der Waals surface area contributed by atoms with Gasteiger partial charge in [0, 0.05) is 6.54 Å². The van der Waals surface area contributed by atoms with E-state index in [1.54, 1.807) is 13.8 Å². The summed E-state index contributed by atoms with van der Waals surface area (Å²) in [4.78, 5) is 61.1. The minimum Gasteiger partial charge on any atom is -0.480 e. The summed E-state index contributed by atoms with van der Waals surface area (Å²) in [6.45, 7) is 5.08. The van der Waals surface area contributed by atoms with Gasteiger partial charge < -0.3 is 32.1 Å². The van der Waals surface area contributed by atoms with Crippen LogP contribution in [0.1, 0.15) is 40.0 Å². The molecule has 0 aliphatic carbocycles. The van der Waals surface area contributed by atoms with Gasteiger partial charge in [0.1, 0.15) is 18.1 Å². The molecule has 1 heterocycles. The van der Waals surface area contributed by atoms with Crippen molar-refractivity contribution in [3.8, 4) is 0 Å². The van der Waals surface area contributed by atoms with Crippen molar-refractivity contribution in [2.75, 3.05) is 6.54 Å². The molecule has 0 aromatic carbocycles. The van der Waals surface area contributed by atoms with Crippen LogP contribution < -0.4 is 22.1 Å². The average molecular weight is 399 g/mol. The molecular formula is C17H29N5O6. The van der Waals surface area contributed by atoms with Crippen LogP contribution in [0.25, 0.3) is 0 Å². The van der Waals surface area contributed by atoms with Crippen LogP contribution in [-0.2, 0) is 24.0 Å². The number of amides is 4. The second kappa shape index (κ2) is 10.0. The third-order valence-corrected chi connectivity index (χ3v) is 4.50. The van der Waals surface area contributed by atoms with Crippen molar-refractivity contribution in [2.45, 2.75) is 64.2 Å². The van der Waals surface area contributed by atoms with E-state index in [9.17, 15) is 29.1 Å². The van der Waals surface area contributed by atoms with E-state index in [0.29, 0.717) is 12.8 Å². The number of rotatable bonds is 9. The lowest BCUT2D eigenvalue weighted by Gasteiger charge is -2.30. The number of carbonyl (C=O) groups is 5. The molecule has 0 bridgehead atoms. The summed E-state index contributed by atoms with van der Waals surface area (Å²) < 4.78 is 0. The number of carboxylic acid groups (broad SMARTS) is 1. The van der Waals surface area contributed by atoms with Crippen LogP contribution in [0, 0.1) is 5.92 Å². The van der Waals surface area contributed by atoms with Gasteiger partial charge in [-0.05, 0) is 25.7 Å². The summed E-state index contributed by atoms with van der Waals surface area (Å²) in [7, 11) is 0. The zero-order valence-corrected chi connectivity index (χ0v) is 16.3. The van der Waals surface area contributed by atoms with Crippen LogP contribution in [0.2, 0.25) is 0 Å². The molecule has 1 aliphatic heterocycles. The first-order chi connectivity index (χ1) is 13.0. The molecule has 0 radical (unpaired) electrons. The van der Waals surface area contributed by atoms with Crippen LogP contribution in [0.15, 0.2) is 0 Å². The number of hydrogen-bond donors (Lipinski definition) is 5. The van der Waals surface area contributed by atoms with E-state index < -0.39 is 60.2 Å². The lowest BCUT2D eigenvalue weighted by atomic mass is 10.0. The molecular weight excluding hydrogens is 370 g/mol. The maximum atomic E-state index is 12.9. The van der Waals surface area contributed by atoms with Gasteiger partial charge in [-0.1, -0.05) is 13.8 Å². The number of primary amides is 1. The third-order valence-electron chi connectivity index (χ3n) is 4.50. The van der Waals surface area contributed by atoms with Gasteiger partial charge in [0.2, 0.25) is 23.6 Å². The van der Waals surface area contributed by atoms with Gasteiger partial charge >= 0.3 is 5.97 Å². The molecule has 1 fully saturated rings. The van der Waals surface area contributed by atoms with Crippen molar-refractivity contribution in [1.82, 2.24) is 15.5 Å². The fraction of sp³-hybridized carbons (Fsp3) is 0.706. The maximum absolute atomic E-state index is 12.9. The Morgan fingerprint density at radius 1 is 1.11 bits per heavy atom. The number of nitrogens with zero attached hydrogens (tertiary/aromatic N) is 1. The molecule has 158 valence electrons. The van der Waals surface area contributed by atoms with Crippen LogP contribution in [0.4, 0.5) is 0 Å². The molecule has 28 heavy (non-hydrogen) atoms. The number of nitrogens with two attached hydrogens (primary N) is 2. The highest BCUT2D eigenvalue weighted by Crippen LogP contribution is 2.20. The van der Waals surface area contributed by atoms with Gasteiger partial charge in [-0.3, -0.25) is 19.2 Å². The van der Waals surface area contributed by atoms with Crippen molar-refractivity contribution >= 4 is 29.6 Å². The second-order valence-corrected chi connectivity index (χ2v) is 7.28. The fourth-order valence-corrected chi connectivity index (χ4v) is 2.95. The normalized spacial score (nSPS) is 19.6. The molecule has 4 atom stereocenters. The molecule has 4 unspecified atom stereocenters. The molecule has 0 aromatic rings. The van der Waals surface area contributed by atoms with E-state index in [-0.39, 0.29) is 12.5 Å². The van der Waals surface area contributed by atoms with Gasteiger partial charge in [-0.15, -0.1) is 0 Å². The zero-order valence-electron chi connectivity index (χ0n) is 16.3. The molecule has 1 aliphatic rings. The van der Waals surface area contributed by atoms with Crippen molar-refractivity contribution in [1.29, 1.82) is 0 Å². The summed E-state index contributed by atoms with van der Waals surface area (Å²) >= 11 is 0. The molecule has 0 saturated carbocycles. The molecule has 4 amide bonds. The molecule has 11 heteroatoms. The first-order valence-electron chi connectivity index (χ1n) is 9.13. The highest BCUT2D eigenvalue weighted by molar-refractivity contribution is 5.96. The summed E-state index contributed by atoms with van der Waals surface area (Å²) in [6.07, 6.45) is 0.426. The maximum Gasteiger partial charge on any atom is 0.326 e. The molecule has 0 aromatic heterocycles. The highest BCUT2D eigenvalue weighted by Gasteiger charge is 2.39. The van der Waals surface area contributed by atoms with Gasteiger partial charge in [0.15, 0.2) is 0 Å². The number of hydrogen-bond acceptors (Lipinski definition) is 6. The Hall–Kier alpha value is -2.69. The zero-order chi connectivity index (χ0) is 21.6. The monoisotopic (exact) mass is 399 g/mol. The van der Waals surface area contributed by atoms with Crippen LogP contribution in [-0.4, -0.2) is 70.3 Å². The van der Waals surface area contributed by atoms with Gasteiger partial charge in [0.25, 0.3) is 0 Å². The van der Waals surface area contributed by atoms with E-state index in [1.807, 2.05) is 0 Å². The first-order valence-corrected chi connectivity index (χ1v) is 9.13. The van der Waals surface area contributed by atoms with Crippen molar-refractivity contribution in [3.05, 3.63) is 0 Å². The molecule has 0 spiro atoms. The fourth-order valence-electron chi connectivity index (χ4n) is 2.95. The summed E-state index contributed by atoms with van der Waals surface area (Å²) in [6, 6.07) is -4.16. The van der Waals surface area contributed by atoms with E-state index in [1.165, 1.54) is 11.8 Å².